The van der Waals surface area contributed by atoms with Gasteiger partial charge in [0.1, 0.15) is 13.2 Å². The number of nitrogens with one attached hydrogen (secondary N) is 1. The molecule has 0 spiro atoms. The number of ether oxygens (including phenoxy) is 1. The summed E-state index contributed by atoms with van der Waals surface area (Å²) < 4.78 is 4.63. The first-order chi connectivity index (χ1) is 8.50. The van der Waals surface area contributed by atoms with Gasteiger partial charge in [0, 0.05) is 5.56 Å². The molecule has 96 valence electrons. The topological polar surface area (TPSA) is 92.7 Å². The van der Waals surface area contributed by atoms with Gasteiger partial charge in [-0.2, -0.15) is 0 Å². The van der Waals surface area contributed by atoms with Crippen molar-refractivity contribution in [1.29, 1.82) is 0 Å². The van der Waals surface area contributed by atoms with Gasteiger partial charge < -0.3 is 15.2 Å². The summed E-state index contributed by atoms with van der Waals surface area (Å²) in [6.45, 7) is 0.478. The number of amides is 1. The summed E-state index contributed by atoms with van der Waals surface area (Å²) in [6.07, 6.45) is 0. The molecule has 1 amide bonds. The van der Waals surface area contributed by atoms with Crippen molar-refractivity contribution in [1.82, 2.24) is 0 Å². The Kier molecular flexibility index (Phi) is 5.01. The van der Waals surface area contributed by atoms with Crippen LogP contribution in [0.3, 0.4) is 0 Å². The normalized spacial score (nSPS) is 9.83. The Balaban J connectivity index is 2.59. The fraction of sp³-hybridized carbons (Fsp3) is 0.250. The molecule has 0 bridgehead atoms. The molecule has 0 saturated heterocycles. The van der Waals surface area contributed by atoms with Crippen molar-refractivity contribution in [3.05, 3.63) is 29.8 Å². The third kappa shape index (κ3) is 4.34. The van der Waals surface area contributed by atoms with Gasteiger partial charge in [0.2, 0.25) is 5.91 Å². The van der Waals surface area contributed by atoms with Crippen molar-refractivity contribution >= 4 is 23.3 Å². The number of anilines is 1. The van der Waals surface area contributed by atoms with E-state index in [1.165, 1.54) is 6.92 Å². The first-order valence-corrected chi connectivity index (χ1v) is 5.20. The average molecular weight is 251 g/mol. The lowest BCUT2D eigenvalue weighted by atomic mass is 10.1. The maximum absolute atomic E-state index is 11.4. The molecule has 1 rings (SSSR count). The standard InChI is InChI=1S/C12H13NO5/c1-8(14)9-4-2-3-5-10(9)13-11(15)6-18-7-12(16)17/h2-5H,6-7H2,1H3,(H,13,15)(H,16,17). The molecule has 0 aliphatic rings. The van der Waals surface area contributed by atoms with Crippen LogP contribution in [0.1, 0.15) is 17.3 Å². The zero-order valence-electron chi connectivity index (χ0n) is 9.80. The molecule has 0 aliphatic carbocycles. The highest BCUT2D eigenvalue weighted by Crippen LogP contribution is 2.15. The van der Waals surface area contributed by atoms with Crippen molar-refractivity contribution in [2.24, 2.45) is 0 Å². The number of hydrogen-bond donors (Lipinski definition) is 2. The average Bonchev–Trinajstić information content (AvgIpc) is 2.28. The molecule has 0 saturated carbocycles. The molecule has 1 aromatic rings. The summed E-state index contributed by atoms with van der Waals surface area (Å²) in [5.74, 6) is -1.82. The van der Waals surface area contributed by atoms with Gasteiger partial charge in [0.25, 0.3) is 0 Å². The number of para-hydroxylation sites is 1. The van der Waals surface area contributed by atoms with Crippen LogP contribution in [0.2, 0.25) is 0 Å². The van der Waals surface area contributed by atoms with Crippen LogP contribution >= 0.6 is 0 Å². The molecule has 0 aromatic heterocycles. The number of carbonyl (C=O) groups excluding carboxylic acids is 2. The van der Waals surface area contributed by atoms with Crippen LogP contribution in [0.15, 0.2) is 24.3 Å². The van der Waals surface area contributed by atoms with E-state index in [1.807, 2.05) is 0 Å². The molecular weight excluding hydrogens is 238 g/mol. The summed E-state index contributed by atoms with van der Waals surface area (Å²) in [4.78, 5) is 32.9. The highest BCUT2D eigenvalue weighted by Gasteiger charge is 2.10. The van der Waals surface area contributed by atoms with E-state index in [9.17, 15) is 14.4 Å². The highest BCUT2D eigenvalue weighted by molar-refractivity contribution is 6.03. The molecule has 0 aliphatic heterocycles. The number of carboxylic acids is 1. The first-order valence-electron chi connectivity index (χ1n) is 5.20. The minimum absolute atomic E-state index is 0.169. The Labute approximate surface area is 104 Å². The number of carboxylic acid groups (broad SMARTS) is 1. The summed E-state index contributed by atoms with van der Waals surface area (Å²) >= 11 is 0. The zero-order chi connectivity index (χ0) is 13.5. The number of aliphatic carboxylic acids is 1. The molecule has 0 unspecified atom stereocenters. The van der Waals surface area contributed by atoms with Crippen LogP contribution in [0.5, 0.6) is 0 Å². The molecule has 18 heavy (non-hydrogen) atoms. The predicted molar refractivity (Wildman–Crippen MR) is 63.5 cm³/mol. The van der Waals surface area contributed by atoms with Crippen LogP contribution in [0.25, 0.3) is 0 Å². The molecule has 1 aromatic carbocycles. The van der Waals surface area contributed by atoms with Gasteiger partial charge in [0.15, 0.2) is 5.78 Å². The van der Waals surface area contributed by atoms with Gasteiger partial charge >= 0.3 is 5.97 Å². The fourth-order valence-corrected chi connectivity index (χ4v) is 1.32. The quantitative estimate of drug-likeness (QED) is 0.733. The number of rotatable bonds is 6. The van der Waals surface area contributed by atoms with E-state index >= 15 is 0 Å². The van der Waals surface area contributed by atoms with E-state index in [1.54, 1.807) is 24.3 Å². The van der Waals surface area contributed by atoms with E-state index in [0.717, 1.165) is 0 Å². The molecule has 6 heteroatoms. The lowest BCUT2D eigenvalue weighted by Crippen LogP contribution is -2.21. The van der Waals surface area contributed by atoms with Crippen LogP contribution in [-0.2, 0) is 14.3 Å². The molecule has 0 atom stereocenters. The molecule has 0 radical (unpaired) electrons. The smallest absolute Gasteiger partial charge is 0.329 e. The van der Waals surface area contributed by atoms with E-state index in [2.05, 4.69) is 10.1 Å². The Bertz CT molecular complexity index is 469. The van der Waals surface area contributed by atoms with Crippen LogP contribution in [0.4, 0.5) is 5.69 Å². The largest absolute Gasteiger partial charge is 0.480 e. The molecule has 0 heterocycles. The van der Waals surface area contributed by atoms with Crippen LogP contribution in [0, 0.1) is 0 Å². The SMILES string of the molecule is CC(=O)c1ccccc1NC(=O)COCC(=O)O. The second-order valence-electron chi connectivity index (χ2n) is 3.54. The van der Waals surface area contributed by atoms with E-state index < -0.39 is 18.5 Å². The summed E-state index contributed by atoms with van der Waals surface area (Å²) in [5, 5.41) is 10.8. The number of Topliss-reactive ketones (excluding diaryl/α,β-unsaturated/α-hetero) is 1. The summed E-state index contributed by atoms with van der Waals surface area (Å²) in [5.41, 5.74) is 0.776. The Morgan fingerprint density at radius 1 is 1.22 bits per heavy atom. The predicted octanol–water partition coefficient (Wildman–Crippen LogP) is 0.929. The van der Waals surface area contributed by atoms with Crippen LogP contribution < -0.4 is 5.32 Å². The van der Waals surface area contributed by atoms with Gasteiger partial charge in [0.05, 0.1) is 5.69 Å². The Hall–Kier alpha value is -2.21. The van der Waals surface area contributed by atoms with Crippen molar-refractivity contribution in [3.63, 3.8) is 0 Å². The molecular formula is C12H13NO5. The van der Waals surface area contributed by atoms with Crippen molar-refractivity contribution in [2.75, 3.05) is 18.5 Å². The van der Waals surface area contributed by atoms with E-state index in [4.69, 9.17) is 5.11 Å². The molecule has 0 fully saturated rings. The van der Waals surface area contributed by atoms with Gasteiger partial charge in [-0.15, -0.1) is 0 Å². The summed E-state index contributed by atoms with van der Waals surface area (Å²) in [7, 11) is 0. The number of ketones is 1. The fourth-order valence-electron chi connectivity index (χ4n) is 1.32. The van der Waals surface area contributed by atoms with Crippen molar-refractivity contribution in [3.8, 4) is 0 Å². The lowest BCUT2D eigenvalue weighted by molar-refractivity contribution is -0.143. The Morgan fingerprint density at radius 2 is 1.89 bits per heavy atom. The minimum atomic E-state index is -1.15. The highest BCUT2D eigenvalue weighted by atomic mass is 16.5. The third-order valence-electron chi connectivity index (χ3n) is 2.04. The van der Waals surface area contributed by atoms with Gasteiger partial charge in [-0.1, -0.05) is 12.1 Å². The van der Waals surface area contributed by atoms with Crippen LogP contribution in [-0.4, -0.2) is 36.0 Å². The zero-order valence-corrected chi connectivity index (χ0v) is 9.80. The van der Waals surface area contributed by atoms with E-state index in [0.29, 0.717) is 11.3 Å². The Morgan fingerprint density at radius 3 is 2.50 bits per heavy atom. The van der Waals surface area contributed by atoms with Crippen molar-refractivity contribution in [2.45, 2.75) is 6.92 Å². The maximum Gasteiger partial charge on any atom is 0.329 e. The lowest BCUT2D eigenvalue weighted by Gasteiger charge is -2.08. The second-order valence-corrected chi connectivity index (χ2v) is 3.54. The summed E-state index contributed by atoms with van der Waals surface area (Å²) in [6, 6.07) is 6.55. The number of hydrogen-bond acceptors (Lipinski definition) is 4. The van der Waals surface area contributed by atoms with Gasteiger partial charge in [-0.25, -0.2) is 4.79 Å². The molecule has 6 nitrogen and oxygen atoms in total. The third-order valence-corrected chi connectivity index (χ3v) is 2.04. The van der Waals surface area contributed by atoms with Gasteiger partial charge in [-0.3, -0.25) is 9.59 Å². The minimum Gasteiger partial charge on any atom is -0.480 e. The monoisotopic (exact) mass is 251 g/mol. The van der Waals surface area contributed by atoms with Crippen molar-refractivity contribution < 1.29 is 24.2 Å². The number of benzene rings is 1. The van der Waals surface area contributed by atoms with Gasteiger partial charge in [-0.05, 0) is 19.1 Å². The first kappa shape index (κ1) is 13.9. The molecule has 2 N–H and O–H groups in total. The second kappa shape index (κ2) is 6.51. The maximum atomic E-state index is 11.4. The van der Waals surface area contributed by atoms with E-state index in [-0.39, 0.29) is 12.4 Å². The number of carbonyl (C=O) groups is 3.